The zero-order chi connectivity index (χ0) is 16.9. The molecule has 0 aliphatic heterocycles. The standard InChI is InChI=1S/C10H11Br2NO7S2/c1-5-2-7(13-10(14)6(12)4-11)9(22(16,17)18)3-8(5)21-20-19-15/h2-3,6,15H,4H2,1H3,(H,13,14)(H,16,17,18). The fourth-order valence-corrected chi connectivity index (χ4v) is 3.00. The smallest absolute Gasteiger partial charge is 0.296 e. The molecule has 1 amide bonds. The molecule has 0 radical (unpaired) electrons. The third-order valence-corrected chi connectivity index (χ3v) is 6.28. The van der Waals surface area contributed by atoms with Gasteiger partial charge in [0, 0.05) is 10.2 Å². The Morgan fingerprint density at radius 1 is 1.50 bits per heavy atom. The van der Waals surface area contributed by atoms with Crippen molar-refractivity contribution >= 4 is 65.6 Å². The van der Waals surface area contributed by atoms with Crippen LogP contribution in [0.4, 0.5) is 5.69 Å². The first kappa shape index (κ1) is 19.8. The number of carbonyl (C=O) groups is 1. The Balaban J connectivity index is 3.26. The predicted octanol–water partition coefficient (Wildman–Crippen LogP) is 2.77. The summed E-state index contributed by atoms with van der Waals surface area (Å²) in [5.74, 6) is -0.489. The summed E-state index contributed by atoms with van der Waals surface area (Å²) in [5.41, 5.74) is 0.444. The lowest BCUT2D eigenvalue weighted by Gasteiger charge is -2.14. The maximum atomic E-state index is 11.8. The van der Waals surface area contributed by atoms with Gasteiger partial charge in [0.05, 0.1) is 17.7 Å². The van der Waals surface area contributed by atoms with Crippen LogP contribution in [-0.2, 0) is 24.3 Å². The summed E-state index contributed by atoms with van der Waals surface area (Å²) in [6.45, 7) is 1.61. The van der Waals surface area contributed by atoms with Crippen LogP contribution in [0.3, 0.4) is 0 Å². The number of halogens is 2. The van der Waals surface area contributed by atoms with Crippen LogP contribution in [0, 0.1) is 6.92 Å². The molecule has 0 fully saturated rings. The van der Waals surface area contributed by atoms with E-state index in [-0.39, 0.29) is 10.6 Å². The molecule has 0 heterocycles. The summed E-state index contributed by atoms with van der Waals surface area (Å²) in [7, 11) is -4.59. The average molecular weight is 481 g/mol. The summed E-state index contributed by atoms with van der Waals surface area (Å²) >= 11 is 6.75. The topological polar surface area (TPSA) is 122 Å². The number of anilines is 1. The van der Waals surface area contributed by atoms with Crippen molar-refractivity contribution in [1.82, 2.24) is 0 Å². The van der Waals surface area contributed by atoms with Crippen LogP contribution in [0.1, 0.15) is 5.56 Å². The highest BCUT2D eigenvalue weighted by Crippen LogP contribution is 2.32. The summed E-state index contributed by atoms with van der Waals surface area (Å²) in [6, 6.07) is 2.43. The van der Waals surface area contributed by atoms with E-state index in [2.05, 4.69) is 46.5 Å². The Labute approximate surface area is 147 Å². The van der Waals surface area contributed by atoms with Crippen molar-refractivity contribution < 1.29 is 32.4 Å². The number of aryl methyl sites for hydroxylation is 1. The van der Waals surface area contributed by atoms with Crippen molar-refractivity contribution in [3.05, 3.63) is 17.7 Å². The highest BCUT2D eigenvalue weighted by molar-refractivity contribution is 9.12. The summed E-state index contributed by atoms with van der Waals surface area (Å²) in [5, 5.41) is 14.3. The van der Waals surface area contributed by atoms with Crippen molar-refractivity contribution in [1.29, 1.82) is 0 Å². The molecule has 1 unspecified atom stereocenters. The van der Waals surface area contributed by atoms with Crippen LogP contribution in [0.15, 0.2) is 21.9 Å². The molecule has 0 saturated heterocycles. The first-order chi connectivity index (χ1) is 10.2. The molecule has 0 aromatic heterocycles. The monoisotopic (exact) mass is 479 g/mol. The molecule has 124 valence electrons. The van der Waals surface area contributed by atoms with Gasteiger partial charge in [0.25, 0.3) is 10.1 Å². The van der Waals surface area contributed by atoms with Gasteiger partial charge in [-0.2, -0.15) is 8.42 Å². The summed E-state index contributed by atoms with van der Waals surface area (Å²) < 4.78 is 36.5. The molecule has 1 atom stereocenters. The highest BCUT2D eigenvalue weighted by atomic mass is 79.9. The van der Waals surface area contributed by atoms with E-state index >= 15 is 0 Å². The van der Waals surface area contributed by atoms with Crippen molar-refractivity contribution in [2.45, 2.75) is 21.5 Å². The minimum Gasteiger partial charge on any atom is -0.324 e. The van der Waals surface area contributed by atoms with Gasteiger partial charge in [0.2, 0.25) is 5.91 Å². The van der Waals surface area contributed by atoms with E-state index in [1.807, 2.05) is 0 Å². The van der Waals surface area contributed by atoms with Gasteiger partial charge in [-0.1, -0.05) is 36.9 Å². The fourth-order valence-electron chi connectivity index (χ4n) is 1.40. The maximum absolute atomic E-state index is 11.8. The molecule has 12 heteroatoms. The van der Waals surface area contributed by atoms with Gasteiger partial charge in [-0.3, -0.25) is 9.35 Å². The first-order valence-corrected chi connectivity index (χ1v) is 9.70. The highest BCUT2D eigenvalue weighted by Gasteiger charge is 2.22. The van der Waals surface area contributed by atoms with Crippen LogP contribution >= 0.6 is 43.9 Å². The number of benzene rings is 1. The molecule has 0 bridgehead atoms. The van der Waals surface area contributed by atoms with Gasteiger partial charge >= 0.3 is 0 Å². The second-order valence-electron chi connectivity index (χ2n) is 3.93. The predicted molar refractivity (Wildman–Crippen MR) is 86.8 cm³/mol. The number of amides is 1. The molecule has 0 saturated carbocycles. The van der Waals surface area contributed by atoms with Gasteiger partial charge in [-0.25, -0.2) is 5.26 Å². The molecule has 1 aromatic rings. The van der Waals surface area contributed by atoms with Crippen LogP contribution in [0.2, 0.25) is 0 Å². The number of hydrogen-bond donors (Lipinski definition) is 3. The van der Waals surface area contributed by atoms with E-state index in [1.165, 1.54) is 6.07 Å². The molecular weight excluding hydrogens is 470 g/mol. The molecule has 0 spiro atoms. The Morgan fingerprint density at radius 2 is 2.14 bits per heavy atom. The molecule has 1 rings (SSSR count). The van der Waals surface area contributed by atoms with Gasteiger partial charge < -0.3 is 5.32 Å². The van der Waals surface area contributed by atoms with Crippen molar-refractivity contribution in [2.24, 2.45) is 0 Å². The minimum absolute atomic E-state index is 0.0790. The number of rotatable bonds is 7. The Bertz CT molecular complexity index is 653. The van der Waals surface area contributed by atoms with Crippen LogP contribution < -0.4 is 5.32 Å². The second-order valence-corrected chi connectivity index (χ2v) is 7.81. The van der Waals surface area contributed by atoms with Crippen LogP contribution in [0.25, 0.3) is 0 Å². The van der Waals surface area contributed by atoms with Crippen molar-refractivity contribution in [3.8, 4) is 0 Å². The lowest BCUT2D eigenvalue weighted by atomic mass is 10.2. The zero-order valence-electron chi connectivity index (χ0n) is 10.9. The third-order valence-electron chi connectivity index (χ3n) is 2.39. The normalized spacial score (nSPS) is 13.0. The molecule has 22 heavy (non-hydrogen) atoms. The summed E-state index contributed by atoms with van der Waals surface area (Å²) in [4.78, 5) is 11.0. The van der Waals surface area contributed by atoms with E-state index in [0.717, 1.165) is 6.07 Å². The first-order valence-electron chi connectivity index (χ1n) is 5.48. The van der Waals surface area contributed by atoms with E-state index in [4.69, 9.17) is 5.26 Å². The van der Waals surface area contributed by atoms with Crippen LogP contribution in [0.5, 0.6) is 0 Å². The van der Waals surface area contributed by atoms with Gasteiger partial charge in [0.1, 0.15) is 9.72 Å². The van der Waals surface area contributed by atoms with Crippen molar-refractivity contribution in [3.63, 3.8) is 0 Å². The third kappa shape index (κ3) is 5.45. The van der Waals surface area contributed by atoms with Gasteiger partial charge in [0.15, 0.2) is 0 Å². The Morgan fingerprint density at radius 3 is 2.64 bits per heavy atom. The lowest BCUT2D eigenvalue weighted by Crippen LogP contribution is -2.25. The van der Waals surface area contributed by atoms with E-state index < -0.39 is 25.7 Å². The molecule has 0 aliphatic rings. The van der Waals surface area contributed by atoms with E-state index in [0.29, 0.717) is 22.9 Å². The van der Waals surface area contributed by atoms with Crippen molar-refractivity contribution in [2.75, 3.05) is 10.6 Å². The average Bonchev–Trinajstić information content (AvgIpc) is 2.44. The quantitative estimate of drug-likeness (QED) is 0.179. The van der Waals surface area contributed by atoms with Gasteiger partial charge in [-0.15, -0.1) is 4.33 Å². The Hall–Kier alpha value is -0.210. The van der Waals surface area contributed by atoms with Crippen LogP contribution in [-0.4, -0.2) is 34.3 Å². The SMILES string of the molecule is Cc1cc(NC(=O)C(Br)CBr)c(S(=O)(=O)O)cc1SOOO. The minimum atomic E-state index is -4.59. The molecule has 3 N–H and O–H groups in total. The maximum Gasteiger partial charge on any atom is 0.296 e. The largest absolute Gasteiger partial charge is 0.324 e. The zero-order valence-corrected chi connectivity index (χ0v) is 15.8. The van der Waals surface area contributed by atoms with Gasteiger partial charge in [-0.05, 0) is 24.6 Å². The van der Waals surface area contributed by atoms with E-state index in [1.54, 1.807) is 6.92 Å². The fraction of sp³-hybridized carbons (Fsp3) is 0.300. The number of carbonyl (C=O) groups excluding carboxylic acids is 1. The summed E-state index contributed by atoms with van der Waals surface area (Å²) in [6.07, 6.45) is 0. The molecule has 1 aromatic carbocycles. The second kappa shape index (κ2) is 8.59. The van der Waals surface area contributed by atoms with E-state index in [9.17, 15) is 17.8 Å². The number of nitrogens with one attached hydrogen (secondary N) is 1. The Kier molecular flexibility index (Phi) is 7.74. The number of hydrogen-bond acceptors (Lipinski definition) is 7. The molecular formula is C10H11Br2NO7S2. The molecule has 0 aliphatic carbocycles. The molecule has 8 nitrogen and oxygen atoms in total. The number of alkyl halides is 2. The lowest BCUT2D eigenvalue weighted by molar-refractivity contribution is -0.432.